The second kappa shape index (κ2) is 24.8. The third-order valence-corrected chi connectivity index (χ3v) is 12.4. The molecule has 7 heteroatoms. The summed E-state index contributed by atoms with van der Waals surface area (Å²) in [5.74, 6) is 1.90. The largest absolute Gasteiger partial charge is 0.508 e. The molecule has 0 bridgehead atoms. The highest BCUT2D eigenvalue weighted by Crippen LogP contribution is 2.47. The maximum Gasteiger partial charge on any atom is 0.160 e. The van der Waals surface area contributed by atoms with Crippen molar-refractivity contribution in [2.45, 2.75) is 130 Å². The number of hydrogen-bond donors (Lipinski definition) is 2. The first-order valence-electron chi connectivity index (χ1n) is 22.9. The minimum atomic E-state index is -0.0328. The van der Waals surface area contributed by atoms with Crippen molar-refractivity contribution in [3.05, 3.63) is 148 Å². The fourth-order valence-electron chi connectivity index (χ4n) is 9.54. The number of carbonyl (C=O) groups excluding carboxylic acids is 3. The highest BCUT2D eigenvalue weighted by molar-refractivity contribution is 6.07. The number of Topliss-reactive ketones (excluding diaryl/α,β-unsaturated/α-hetero) is 2. The van der Waals surface area contributed by atoms with Crippen molar-refractivity contribution in [3.8, 4) is 5.75 Å². The van der Waals surface area contributed by atoms with Crippen LogP contribution in [0.1, 0.15) is 157 Å². The number of nitrogens with zero attached hydrogens (tertiary/aromatic N) is 1. The van der Waals surface area contributed by atoms with Gasteiger partial charge in [0.25, 0.3) is 0 Å². The zero-order valence-electron chi connectivity index (χ0n) is 39.0. The van der Waals surface area contributed by atoms with E-state index in [1.165, 1.54) is 65.6 Å². The number of carbonyl (C=O) groups is 3. The first-order chi connectivity index (χ1) is 29.8. The van der Waals surface area contributed by atoms with Gasteiger partial charge < -0.3 is 20.0 Å². The number of hydrogen-bond acceptors (Lipinski definition) is 7. The van der Waals surface area contributed by atoms with E-state index in [-0.39, 0.29) is 23.1 Å². The third kappa shape index (κ3) is 13.9. The predicted octanol–water partition coefficient (Wildman–Crippen LogP) is 12.0. The standard InChI is InChI=1S/C23H33NO3.C23H22O.C7H12O.C2H7N/c1-5-7-23(8-6-2)11-18(15-27-23)12-24-13-19-9-21(16(3)25)22(17(4)26)10-20(19)14-24;1-16-7-9-18(10-8-16)23-21(17-5-3-2-4-6-17)13-11-19-15-20(24)12-14-22(19)23;1-3-4-5-7(2)6-8;1-3-2/h9-10,18H,5-8,11-15H2,1-4H3;2-10,12,14-15,21,23-24H,11,13H2,1H3;3,6-7H,1,4-5H2,2H3;3H,1-2H3. The highest BCUT2D eigenvalue weighted by Gasteiger charge is 2.40. The lowest BCUT2D eigenvalue weighted by Crippen LogP contribution is -2.29. The molecular weight excluding hydrogens is 769 g/mol. The zero-order chi connectivity index (χ0) is 45.2. The van der Waals surface area contributed by atoms with Crippen LogP contribution in [0.15, 0.2) is 97.6 Å². The summed E-state index contributed by atoms with van der Waals surface area (Å²) in [6, 6.07) is 29.5. The smallest absolute Gasteiger partial charge is 0.160 e. The molecule has 0 amide bonds. The van der Waals surface area contributed by atoms with Gasteiger partial charge in [0.2, 0.25) is 0 Å². The fourth-order valence-corrected chi connectivity index (χ4v) is 9.54. The van der Waals surface area contributed by atoms with Gasteiger partial charge in [0.1, 0.15) is 12.0 Å². The van der Waals surface area contributed by atoms with Crippen LogP contribution in [0.2, 0.25) is 0 Å². The average Bonchev–Trinajstić information content (AvgIpc) is 3.85. The number of rotatable bonds is 14. The van der Waals surface area contributed by atoms with Crippen LogP contribution in [0.25, 0.3) is 0 Å². The van der Waals surface area contributed by atoms with Crippen molar-refractivity contribution in [3.63, 3.8) is 0 Å². The van der Waals surface area contributed by atoms with Crippen LogP contribution in [0.4, 0.5) is 0 Å². The molecule has 2 N–H and O–H groups in total. The fraction of sp³-hybridized carbons (Fsp3) is 0.473. The molecule has 2 aliphatic heterocycles. The quantitative estimate of drug-likeness (QED) is 0.0741. The lowest BCUT2D eigenvalue weighted by molar-refractivity contribution is -0.110. The SMILES string of the molecule is C=CCCC(C)C=O.CCCC1(CCC)CC(CN2Cc3cc(C(C)=O)c(C(C)=O)cc3C2)CO1.CNC.Cc1ccc(C2c3ccc(O)cc3CCC2c2ccccc2)cc1. The van der Waals surface area contributed by atoms with E-state index in [4.69, 9.17) is 4.74 Å². The Bertz CT molecular complexity index is 1990. The normalized spacial score (nSPS) is 18.9. The molecule has 4 aromatic rings. The number of fused-ring (bicyclic) bond motifs is 2. The van der Waals surface area contributed by atoms with Gasteiger partial charge >= 0.3 is 0 Å². The van der Waals surface area contributed by atoms with Crippen LogP contribution < -0.4 is 5.32 Å². The van der Waals surface area contributed by atoms with E-state index >= 15 is 0 Å². The molecule has 2 heterocycles. The van der Waals surface area contributed by atoms with Crippen molar-refractivity contribution in [1.82, 2.24) is 10.2 Å². The summed E-state index contributed by atoms with van der Waals surface area (Å²) in [6.45, 7) is 18.7. The molecule has 0 aromatic heterocycles. The number of phenols is 1. The van der Waals surface area contributed by atoms with Crippen molar-refractivity contribution in [2.24, 2.45) is 11.8 Å². The summed E-state index contributed by atoms with van der Waals surface area (Å²) >= 11 is 0. The number of phenolic OH excluding ortho intramolecular Hbond substituents is 1. The van der Waals surface area contributed by atoms with E-state index in [1.54, 1.807) is 0 Å². The van der Waals surface area contributed by atoms with Crippen LogP contribution >= 0.6 is 0 Å². The maximum atomic E-state index is 11.9. The van der Waals surface area contributed by atoms with E-state index < -0.39 is 0 Å². The van der Waals surface area contributed by atoms with E-state index in [0.717, 1.165) is 77.5 Å². The van der Waals surface area contributed by atoms with Gasteiger partial charge in [0.05, 0.1) is 12.2 Å². The molecule has 1 saturated heterocycles. The molecule has 0 spiro atoms. The molecular formula is C55H74N2O5. The van der Waals surface area contributed by atoms with Gasteiger partial charge in [0.15, 0.2) is 11.6 Å². The van der Waals surface area contributed by atoms with E-state index in [1.807, 2.05) is 51.4 Å². The van der Waals surface area contributed by atoms with E-state index in [9.17, 15) is 19.5 Å². The summed E-state index contributed by atoms with van der Waals surface area (Å²) in [4.78, 5) is 36.3. The van der Waals surface area contributed by atoms with Gasteiger partial charge in [-0.2, -0.15) is 0 Å². The second-order valence-corrected chi connectivity index (χ2v) is 17.8. The number of ether oxygens (including phenoxy) is 1. The molecule has 0 radical (unpaired) electrons. The number of aryl methyl sites for hydroxylation is 2. The molecule has 1 aliphatic carbocycles. The topological polar surface area (TPSA) is 95.9 Å². The maximum absolute atomic E-state index is 11.9. The number of nitrogens with one attached hydrogen (secondary N) is 1. The molecule has 4 atom stereocenters. The molecule has 4 unspecified atom stereocenters. The number of allylic oxidation sites excluding steroid dienone is 1. The molecule has 1 fully saturated rings. The minimum Gasteiger partial charge on any atom is -0.508 e. The Morgan fingerprint density at radius 2 is 1.48 bits per heavy atom. The Kier molecular flexibility index (Phi) is 20.0. The Hall–Kier alpha value is -4.69. The lowest BCUT2D eigenvalue weighted by Gasteiger charge is -2.34. The Morgan fingerprint density at radius 1 is 0.887 bits per heavy atom. The molecule has 62 heavy (non-hydrogen) atoms. The van der Waals surface area contributed by atoms with Crippen LogP contribution in [0.5, 0.6) is 5.75 Å². The van der Waals surface area contributed by atoms with Gasteiger partial charge in [0, 0.05) is 42.6 Å². The van der Waals surface area contributed by atoms with Gasteiger partial charge in [-0.25, -0.2) is 0 Å². The van der Waals surface area contributed by atoms with Crippen LogP contribution in [0.3, 0.4) is 0 Å². The summed E-state index contributed by atoms with van der Waals surface area (Å²) < 4.78 is 6.31. The zero-order valence-corrected chi connectivity index (χ0v) is 39.0. The van der Waals surface area contributed by atoms with Crippen molar-refractivity contribution in [2.75, 3.05) is 27.2 Å². The van der Waals surface area contributed by atoms with Crippen molar-refractivity contribution in [1.29, 1.82) is 0 Å². The minimum absolute atomic E-state index is 0.0328. The van der Waals surface area contributed by atoms with E-state index in [0.29, 0.717) is 34.6 Å². The van der Waals surface area contributed by atoms with E-state index in [2.05, 4.69) is 98.2 Å². The molecule has 0 saturated carbocycles. The molecule has 4 aromatic carbocycles. The van der Waals surface area contributed by atoms with Crippen molar-refractivity contribution >= 4 is 17.9 Å². The summed E-state index contributed by atoms with van der Waals surface area (Å²) in [5, 5.41) is 12.6. The first-order valence-corrected chi connectivity index (χ1v) is 22.9. The van der Waals surface area contributed by atoms with Crippen LogP contribution in [-0.2, 0) is 29.0 Å². The van der Waals surface area contributed by atoms with Crippen LogP contribution in [-0.4, -0.2) is 60.7 Å². The monoisotopic (exact) mass is 843 g/mol. The van der Waals surface area contributed by atoms with Gasteiger partial charge in [-0.15, -0.1) is 6.58 Å². The molecule has 7 nitrogen and oxygen atoms in total. The van der Waals surface area contributed by atoms with Gasteiger partial charge in [-0.1, -0.05) is 106 Å². The number of aromatic hydroxyl groups is 1. The second-order valence-electron chi connectivity index (χ2n) is 17.8. The van der Waals surface area contributed by atoms with Crippen LogP contribution in [0, 0.1) is 18.8 Å². The number of aldehydes is 1. The Labute approximate surface area is 373 Å². The third-order valence-electron chi connectivity index (χ3n) is 12.4. The number of ketones is 2. The lowest BCUT2D eigenvalue weighted by atomic mass is 9.69. The van der Waals surface area contributed by atoms with Gasteiger partial charge in [-0.05, 0) is 149 Å². The highest BCUT2D eigenvalue weighted by atomic mass is 16.5. The summed E-state index contributed by atoms with van der Waals surface area (Å²) in [7, 11) is 3.75. The summed E-state index contributed by atoms with van der Waals surface area (Å²) in [5.41, 5.74) is 10.3. The number of benzene rings is 4. The Balaban J connectivity index is 0.000000221. The molecule has 7 rings (SSSR count). The van der Waals surface area contributed by atoms with Crippen molar-refractivity contribution < 1.29 is 24.2 Å². The predicted molar refractivity (Wildman–Crippen MR) is 255 cm³/mol. The first kappa shape index (κ1) is 50.0. The Morgan fingerprint density at radius 3 is 2.02 bits per heavy atom. The summed E-state index contributed by atoms with van der Waals surface area (Å²) in [6.07, 6.45) is 12.6. The molecule has 3 aliphatic rings. The molecule has 334 valence electrons. The average molecular weight is 843 g/mol. The van der Waals surface area contributed by atoms with Gasteiger partial charge in [-0.3, -0.25) is 14.5 Å².